The molecule has 0 saturated carbocycles. The fourth-order valence-corrected chi connectivity index (χ4v) is 3.12. The molecule has 0 radical (unpaired) electrons. The van der Waals surface area contributed by atoms with Crippen LogP contribution in [-0.2, 0) is 0 Å². The Kier molecular flexibility index (Phi) is 3.27. The molecule has 22 heavy (non-hydrogen) atoms. The Hall–Kier alpha value is -2.40. The first kappa shape index (κ1) is 13.3. The van der Waals surface area contributed by atoms with Gasteiger partial charge in [-0.1, -0.05) is 12.1 Å². The summed E-state index contributed by atoms with van der Waals surface area (Å²) in [5.74, 6) is 0.783. The normalized spacial score (nSPS) is 16.2. The first-order valence-corrected chi connectivity index (χ1v) is 7.67. The maximum Gasteiger partial charge on any atom is 0.125 e. The van der Waals surface area contributed by atoms with Crippen molar-refractivity contribution in [2.45, 2.75) is 18.8 Å². The molecule has 1 aliphatic rings. The van der Waals surface area contributed by atoms with Crippen LogP contribution in [0.2, 0.25) is 0 Å². The number of rotatable bonds is 2. The van der Waals surface area contributed by atoms with Gasteiger partial charge in [-0.15, -0.1) is 10.2 Å². The minimum Gasteiger partial charge on any atom is -0.507 e. The third-order valence-electron chi connectivity index (χ3n) is 4.35. The van der Waals surface area contributed by atoms with Crippen molar-refractivity contribution in [3.63, 3.8) is 0 Å². The number of phenolic OH excluding ortho intramolecular Hbond substituents is 1. The number of nitrogens with zero attached hydrogens (tertiary/aromatic N) is 2. The van der Waals surface area contributed by atoms with E-state index in [0.717, 1.165) is 37.0 Å². The third-order valence-corrected chi connectivity index (χ3v) is 4.35. The number of phenols is 1. The Labute approximate surface area is 128 Å². The van der Waals surface area contributed by atoms with Gasteiger partial charge in [-0.25, -0.2) is 0 Å². The van der Waals surface area contributed by atoms with Crippen LogP contribution >= 0.6 is 0 Å². The van der Waals surface area contributed by atoms with Gasteiger partial charge in [0.2, 0.25) is 0 Å². The molecular weight excluding hydrogens is 276 g/mol. The lowest BCUT2D eigenvalue weighted by Gasteiger charge is -2.21. The average Bonchev–Trinajstić information content (AvgIpc) is 2.99. The monoisotopic (exact) mass is 294 g/mol. The maximum atomic E-state index is 9.96. The predicted molar refractivity (Wildman–Crippen MR) is 85.8 cm³/mol. The molecule has 1 aromatic carbocycles. The molecule has 0 atom stereocenters. The number of piperidine rings is 1. The number of aromatic amines is 1. The van der Waals surface area contributed by atoms with Gasteiger partial charge in [-0.05, 0) is 50.2 Å². The first-order valence-electron chi connectivity index (χ1n) is 7.67. The fraction of sp³-hybridized carbons (Fsp3) is 0.294. The van der Waals surface area contributed by atoms with E-state index in [1.807, 2.05) is 18.2 Å². The second kappa shape index (κ2) is 5.42. The predicted octanol–water partition coefficient (Wildman–Crippen LogP) is 2.80. The van der Waals surface area contributed by atoms with Gasteiger partial charge in [0.25, 0.3) is 0 Å². The molecule has 0 spiro atoms. The second-order valence-corrected chi connectivity index (χ2v) is 5.79. The van der Waals surface area contributed by atoms with Crippen LogP contribution in [0.25, 0.3) is 22.3 Å². The molecule has 112 valence electrons. The van der Waals surface area contributed by atoms with Gasteiger partial charge < -0.3 is 15.4 Å². The first-order chi connectivity index (χ1) is 10.8. The van der Waals surface area contributed by atoms with E-state index in [9.17, 15) is 5.11 Å². The number of para-hydroxylation sites is 1. The number of hydrogen-bond acceptors (Lipinski definition) is 4. The zero-order valence-corrected chi connectivity index (χ0v) is 12.2. The number of aromatic hydroxyl groups is 1. The Morgan fingerprint density at radius 3 is 2.68 bits per heavy atom. The van der Waals surface area contributed by atoms with Gasteiger partial charge >= 0.3 is 0 Å². The van der Waals surface area contributed by atoms with Gasteiger partial charge in [0.05, 0.1) is 11.2 Å². The third kappa shape index (κ3) is 2.33. The number of nitrogens with one attached hydrogen (secondary N) is 2. The number of H-pyrrole nitrogens is 1. The van der Waals surface area contributed by atoms with E-state index < -0.39 is 0 Å². The zero-order valence-electron chi connectivity index (χ0n) is 12.2. The van der Waals surface area contributed by atoms with Crippen LogP contribution in [0.3, 0.4) is 0 Å². The fourth-order valence-electron chi connectivity index (χ4n) is 3.12. The van der Waals surface area contributed by atoms with Crippen LogP contribution in [0.4, 0.5) is 0 Å². The number of aromatic nitrogens is 3. The highest BCUT2D eigenvalue weighted by Crippen LogP contribution is 2.30. The molecule has 4 rings (SSSR count). The molecule has 1 aliphatic heterocycles. The Balaban J connectivity index is 1.73. The highest BCUT2D eigenvalue weighted by molar-refractivity contribution is 5.81. The van der Waals surface area contributed by atoms with Crippen LogP contribution in [-0.4, -0.2) is 33.4 Å². The largest absolute Gasteiger partial charge is 0.507 e. The van der Waals surface area contributed by atoms with E-state index in [2.05, 4.69) is 26.6 Å². The van der Waals surface area contributed by atoms with Crippen molar-refractivity contribution in [1.82, 2.24) is 20.5 Å². The van der Waals surface area contributed by atoms with Gasteiger partial charge in [0, 0.05) is 17.2 Å². The van der Waals surface area contributed by atoms with Crippen LogP contribution in [0, 0.1) is 0 Å². The summed E-state index contributed by atoms with van der Waals surface area (Å²) in [5.41, 5.74) is 4.48. The van der Waals surface area contributed by atoms with Crippen LogP contribution in [0.5, 0.6) is 5.75 Å². The summed E-state index contributed by atoms with van der Waals surface area (Å²) in [4.78, 5) is 3.48. The van der Waals surface area contributed by atoms with E-state index in [1.54, 1.807) is 12.1 Å². The van der Waals surface area contributed by atoms with E-state index in [0.29, 0.717) is 17.2 Å². The summed E-state index contributed by atoms with van der Waals surface area (Å²) >= 11 is 0. The Bertz CT molecular complexity index is 805. The molecular formula is C17H18N4O. The molecule has 3 N–H and O–H groups in total. The molecule has 5 nitrogen and oxygen atoms in total. The molecule has 0 unspecified atom stereocenters. The van der Waals surface area contributed by atoms with E-state index >= 15 is 0 Å². The van der Waals surface area contributed by atoms with Crippen LogP contribution in [0.1, 0.15) is 24.5 Å². The van der Waals surface area contributed by atoms with Crippen LogP contribution in [0.15, 0.2) is 36.4 Å². The SMILES string of the molecule is Oc1ccccc1-c1cc2[nH]c(C3CCNCC3)cc2nn1. The molecule has 0 aliphatic carbocycles. The van der Waals surface area contributed by atoms with Crippen molar-refractivity contribution in [2.24, 2.45) is 0 Å². The van der Waals surface area contributed by atoms with Crippen molar-refractivity contribution in [3.8, 4) is 17.0 Å². The Morgan fingerprint density at radius 2 is 1.86 bits per heavy atom. The highest BCUT2D eigenvalue weighted by atomic mass is 16.3. The van der Waals surface area contributed by atoms with E-state index in [1.165, 1.54) is 5.69 Å². The molecule has 2 aromatic heterocycles. The van der Waals surface area contributed by atoms with Gasteiger partial charge in [0.15, 0.2) is 0 Å². The lowest BCUT2D eigenvalue weighted by molar-refractivity contribution is 0.455. The minimum absolute atomic E-state index is 0.223. The van der Waals surface area contributed by atoms with Crippen molar-refractivity contribution in [3.05, 3.63) is 42.1 Å². The number of benzene rings is 1. The molecule has 1 fully saturated rings. The summed E-state index contributed by atoms with van der Waals surface area (Å²) in [6.07, 6.45) is 2.29. The molecule has 0 bridgehead atoms. The molecule has 3 heterocycles. The van der Waals surface area contributed by atoms with Gasteiger partial charge in [0.1, 0.15) is 11.3 Å². The molecule has 1 saturated heterocycles. The highest BCUT2D eigenvalue weighted by Gasteiger charge is 2.18. The average molecular weight is 294 g/mol. The van der Waals surface area contributed by atoms with Gasteiger partial charge in [-0.3, -0.25) is 0 Å². The minimum atomic E-state index is 0.223. The maximum absolute atomic E-state index is 9.96. The summed E-state index contributed by atoms with van der Waals surface area (Å²) in [7, 11) is 0. The lowest BCUT2D eigenvalue weighted by atomic mass is 9.95. The summed E-state index contributed by atoms with van der Waals surface area (Å²) in [5, 5.41) is 21.9. The van der Waals surface area contributed by atoms with Crippen molar-refractivity contribution < 1.29 is 5.11 Å². The topological polar surface area (TPSA) is 73.8 Å². The van der Waals surface area contributed by atoms with Crippen molar-refractivity contribution >= 4 is 11.0 Å². The van der Waals surface area contributed by atoms with E-state index in [-0.39, 0.29) is 5.75 Å². The van der Waals surface area contributed by atoms with Crippen LogP contribution < -0.4 is 5.32 Å². The summed E-state index contributed by atoms with van der Waals surface area (Å²) < 4.78 is 0. The molecule has 5 heteroatoms. The smallest absolute Gasteiger partial charge is 0.125 e. The zero-order chi connectivity index (χ0) is 14.9. The second-order valence-electron chi connectivity index (χ2n) is 5.79. The molecule has 0 amide bonds. The standard InChI is InChI=1S/C17H18N4O/c22-17-4-2-1-3-12(17)14-10-15-16(21-20-14)9-13(19-15)11-5-7-18-8-6-11/h1-4,9-11,18-19,22H,5-8H2. The van der Waals surface area contributed by atoms with Gasteiger partial charge in [-0.2, -0.15) is 0 Å². The number of hydrogen-bond donors (Lipinski definition) is 3. The summed E-state index contributed by atoms with van der Waals surface area (Å²) in [6.45, 7) is 2.13. The quantitative estimate of drug-likeness (QED) is 0.679. The van der Waals surface area contributed by atoms with Crippen molar-refractivity contribution in [2.75, 3.05) is 13.1 Å². The molecule has 3 aromatic rings. The van der Waals surface area contributed by atoms with E-state index in [4.69, 9.17) is 0 Å². The lowest BCUT2D eigenvalue weighted by Crippen LogP contribution is -2.26. The van der Waals surface area contributed by atoms with Crippen molar-refractivity contribution in [1.29, 1.82) is 0 Å². The summed E-state index contributed by atoms with van der Waals surface area (Å²) in [6, 6.07) is 11.3. The number of fused-ring (bicyclic) bond motifs is 1. The Morgan fingerprint density at radius 1 is 1.05 bits per heavy atom.